The molecule has 106 valence electrons. The zero-order valence-corrected chi connectivity index (χ0v) is 10.8. The van der Waals surface area contributed by atoms with Gasteiger partial charge in [0.25, 0.3) is 5.91 Å². The number of carboxylic acid groups (broad SMARTS) is 1. The van der Waals surface area contributed by atoms with Crippen LogP contribution in [0.25, 0.3) is 0 Å². The van der Waals surface area contributed by atoms with Crippen LogP contribution in [0.3, 0.4) is 0 Å². The largest absolute Gasteiger partial charge is 0.497 e. The van der Waals surface area contributed by atoms with Crippen molar-refractivity contribution in [3.8, 4) is 5.75 Å². The Hall–Kier alpha value is -2.57. The van der Waals surface area contributed by atoms with Crippen LogP contribution >= 0.6 is 0 Å². The van der Waals surface area contributed by atoms with Gasteiger partial charge in [-0.05, 0) is 24.1 Å². The fourth-order valence-corrected chi connectivity index (χ4v) is 2.19. The Bertz CT molecular complexity index is 554. The molecule has 7 heteroatoms. The Morgan fingerprint density at radius 3 is 2.40 bits per heavy atom. The van der Waals surface area contributed by atoms with Crippen molar-refractivity contribution < 1.29 is 24.2 Å². The van der Waals surface area contributed by atoms with E-state index in [9.17, 15) is 14.4 Å². The minimum atomic E-state index is -1.35. The lowest BCUT2D eigenvalue weighted by Crippen LogP contribution is -2.44. The molecule has 7 nitrogen and oxygen atoms in total. The molecule has 0 aliphatic carbocycles. The summed E-state index contributed by atoms with van der Waals surface area (Å²) < 4.78 is 5.03. The monoisotopic (exact) mass is 278 g/mol. The van der Waals surface area contributed by atoms with E-state index < -0.39 is 23.4 Å². The zero-order chi connectivity index (χ0) is 14.8. The van der Waals surface area contributed by atoms with Crippen molar-refractivity contribution in [3.05, 3.63) is 29.8 Å². The van der Waals surface area contributed by atoms with Gasteiger partial charge in [0.15, 0.2) is 0 Å². The van der Waals surface area contributed by atoms with E-state index in [-0.39, 0.29) is 12.8 Å². The number of carbonyl (C=O) groups is 3. The Balaban J connectivity index is 2.37. The van der Waals surface area contributed by atoms with Gasteiger partial charge in [-0.15, -0.1) is 0 Å². The number of aliphatic carboxylic acids is 1. The summed E-state index contributed by atoms with van der Waals surface area (Å²) >= 11 is 0. The van der Waals surface area contributed by atoms with Crippen molar-refractivity contribution in [1.29, 1.82) is 0 Å². The molecule has 0 bridgehead atoms. The quantitative estimate of drug-likeness (QED) is 0.684. The van der Waals surface area contributed by atoms with Crippen molar-refractivity contribution in [2.45, 2.75) is 18.4 Å². The minimum absolute atomic E-state index is 0.0216. The number of hydrogen-bond acceptors (Lipinski definition) is 4. The minimum Gasteiger partial charge on any atom is -0.497 e. The molecule has 1 aromatic carbocycles. The smallest absolute Gasteiger partial charge is 0.322 e. The van der Waals surface area contributed by atoms with E-state index in [1.54, 1.807) is 24.3 Å². The first kappa shape index (κ1) is 13.9. The third-order valence-corrected chi connectivity index (χ3v) is 3.24. The number of rotatable bonds is 5. The summed E-state index contributed by atoms with van der Waals surface area (Å²) in [6, 6.07) is 5.93. The van der Waals surface area contributed by atoms with Gasteiger partial charge < -0.3 is 15.2 Å². The summed E-state index contributed by atoms with van der Waals surface area (Å²) in [5, 5.41) is 13.5. The number of amides is 3. The molecule has 1 heterocycles. The maximum absolute atomic E-state index is 12.1. The predicted octanol–water partition coefficient (Wildman–Crippen LogP) is 0.595. The summed E-state index contributed by atoms with van der Waals surface area (Å²) in [6.07, 6.45) is -0.258. The van der Waals surface area contributed by atoms with E-state index in [4.69, 9.17) is 9.84 Å². The Kier molecular flexibility index (Phi) is 3.60. The van der Waals surface area contributed by atoms with E-state index in [0.717, 1.165) is 0 Å². The molecule has 1 aromatic rings. The molecule has 0 aromatic heterocycles. The highest BCUT2D eigenvalue weighted by atomic mass is 16.5. The van der Waals surface area contributed by atoms with Crippen LogP contribution in [0.4, 0.5) is 4.79 Å². The topological polar surface area (TPSA) is 105 Å². The first-order chi connectivity index (χ1) is 9.48. The molecule has 2 rings (SSSR count). The molecule has 1 aliphatic heterocycles. The van der Waals surface area contributed by atoms with Gasteiger partial charge in [0.05, 0.1) is 7.11 Å². The van der Waals surface area contributed by atoms with E-state index in [2.05, 4.69) is 10.6 Å². The van der Waals surface area contributed by atoms with Gasteiger partial charge in [-0.1, -0.05) is 12.1 Å². The van der Waals surface area contributed by atoms with Crippen LogP contribution in [0, 0.1) is 0 Å². The summed E-state index contributed by atoms with van der Waals surface area (Å²) in [5.74, 6) is -0.979. The number of benzene rings is 1. The highest BCUT2D eigenvalue weighted by Crippen LogP contribution is 2.31. The third kappa shape index (κ3) is 2.42. The first-order valence-electron chi connectivity index (χ1n) is 5.98. The van der Waals surface area contributed by atoms with Crippen LogP contribution in [0.5, 0.6) is 5.75 Å². The van der Waals surface area contributed by atoms with Crippen molar-refractivity contribution in [1.82, 2.24) is 10.6 Å². The first-order valence-corrected chi connectivity index (χ1v) is 5.98. The average molecular weight is 278 g/mol. The van der Waals surface area contributed by atoms with E-state index in [1.807, 2.05) is 0 Å². The second-order valence-electron chi connectivity index (χ2n) is 4.44. The highest BCUT2D eigenvalue weighted by molar-refractivity contribution is 6.07. The van der Waals surface area contributed by atoms with Crippen LogP contribution in [0.1, 0.15) is 18.4 Å². The number of hydrogen-bond donors (Lipinski definition) is 3. The summed E-state index contributed by atoms with van der Waals surface area (Å²) in [7, 11) is 1.51. The van der Waals surface area contributed by atoms with Gasteiger partial charge >= 0.3 is 12.0 Å². The van der Waals surface area contributed by atoms with Crippen LogP contribution in [0.15, 0.2) is 24.3 Å². The molecule has 3 N–H and O–H groups in total. The van der Waals surface area contributed by atoms with Gasteiger partial charge in [-0.25, -0.2) is 4.79 Å². The fourth-order valence-electron chi connectivity index (χ4n) is 2.19. The number of urea groups is 1. The van der Waals surface area contributed by atoms with Crippen LogP contribution in [-0.2, 0) is 15.1 Å². The molecular formula is C13H14N2O5. The van der Waals surface area contributed by atoms with Gasteiger partial charge in [-0.2, -0.15) is 0 Å². The number of ether oxygens (including phenoxy) is 1. The fraction of sp³-hybridized carbons (Fsp3) is 0.308. The maximum atomic E-state index is 12.1. The van der Waals surface area contributed by atoms with Gasteiger partial charge in [0, 0.05) is 6.42 Å². The normalized spacial score (nSPS) is 21.2. The number of methoxy groups -OCH3 is 1. The van der Waals surface area contributed by atoms with Gasteiger partial charge in [-0.3, -0.25) is 14.9 Å². The number of nitrogens with one attached hydrogen (secondary N) is 2. The third-order valence-electron chi connectivity index (χ3n) is 3.24. The van der Waals surface area contributed by atoms with Crippen molar-refractivity contribution >= 4 is 17.9 Å². The standard InChI is InChI=1S/C13H14N2O5/c1-20-9-4-2-8(3-5-9)13(7-6-10(16)17)11(18)14-12(19)15-13/h2-5H,6-7H2,1H3,(H,16,17)(H2,14,15,18,19). The molecular weight excluding hydrogens is 264 g/mol. The summed E-state index contributed by atoms with van der Waals surface area (Å²) in [4.78, 5) is 34.2. The predicted molar refractivity (Wildman–Crippen MR) is 68.2 cm³/mol. The van der Waals surface area contributed by atoms with E-state index in [0.29, 0.717) is 11.3 Å². The second kappa shape index (κ2) is 5.20. The molecule has 1 saturated heterocycles. The van der Waals surface area contributed by atoms with Crippen LogP contribution < -0.4 is 15.4 Å². The zero-order valence-electron chi connectivity index (χ0n) is 10.8. The van der Waals surface area contributed by atoms with Crippen LogP contribution in [-0.4, -0.2) is 30.1 Å². The molecule has 3 amide bonds. The van der Waals surface area contributed by atoms with Gasteiger partial charge in [0.2, 0.25) is 0 Å². The lowest BCUT2D eigenvalue weighted by atomic mass is 9.85. The van der Waals surface area contributed by atoms with Gasteiger partial charge in [0.1, 0.15) is 11.3 Å². The average Bonchev–Trinajstić information content (AvgIpc) is 2.72. The Morgan fingerprint density at radius 1 is 1.30 bits per heavy atom. The molecule has 20 heavy (non-hydrogen) atoms. The SMILES string of the molecule is COc1ccc(C2(CCC(=O)O)NC(=O)NC2=O)cc1. The molecule has 0 spiro atoms. The maximum Gasteiger partial charge on any atom is 0.322 e. The number of imide groups is 1. The number of carboxylic acids is 1. The molecule has 0 radical (unpaired) electrons. The molecule has 1 fully saturated rings. The molecule has 1 aliphatic rings. The molecule has 1 unspecified atom stereocenters. The Labute approximate surface area is 114 Å². The number of carbonyl (C=O) groups excluding carboxylic acids is 2. The van der Waals surface area contributed by atoms with Crippen molar-refractivity contribution in [3.63, 3.8) is 0 Å². The lowest BCUT2D eigenvalue weighted by Gasteiger charge is -2.26. The van der Waals surface area contributed by atoms with Crippen LogP contribution in [0.2, 0.25) is 0 Å². The lowest BCUT2D eigenvalue weighted by molar-refractivity contribution is -0.137. The summed E-state index contributed by atoms with van der Waals surface area (Å²) in [6.45, 7) is 0. The summed E-state index contributed by atoms with van der Waals surface area (Å²) in [5.41, 5.74) is -0.829. The second-order valence-corrected chi connectivity index (χ2v) is 4.44. The Morgan fingerprint density at radius 2 is 1.95 bits per heavy atom. The van der Waals surface area contributed by atoms with Crippen molar-refractivity contribution in [2.24, 2.45) is 0 Å². The molecule has 0 saturated carbocycles. The highest BCUT2D eigenvalue weighted by Gasteiger charge is 2.47. The van der Waals surface area contributed by atoms with Crippen molar-refractivity contribution in [2.75, 3.05) is 7.11 Å². The molecule has 1 atom stereocenters. The van der Waals surface area contributed by atoms with E-state index >= 15 is 0 Å². The van der Waals surface area contributed by atoms with E-state index in [1.165, 1.54) is 7.11 Å².